The largest absolute Gasteiger partial charge is 0.355 e. The van der Waals surface area contributed by atoms with E-state index in [4.69, 9.17) is 15.1 Å². The van der Waals surface area contributed by atoms with Gasteiger partial charge in [-0.15, -0.1) is 0 Å². The number of nitrogens with two attached hydrogens (primary N) is 1. The maximum absolute atomic E-state index is 11.0. The van der Waals surface area contributed by atoms with Gasteiger partial charge in [0, 0.05) is 30.6 Å². The fraction of sp³-hybridized carbons (Fsp3) is 0.300. The fourth-order valence-corrected chi connectivity index (χ4v) is 3.91. The van der Waals surface area contributed by atoms with Crippen molar-refractivity contribution in [2.24, 2.45) is 11.1 Å². The van der Waals surface area contributed by atoms with E-state index >= 15 is 0 Å². The summed E-state index contributed by atoms with van der Waals surface area (Å²) in [4.78, 5) is 11.9. The second kappa shape index (κ2) is 7.46. The van der Waals surface area contributed by atoms with Gasteiger partial charge in [-0.2, -0.15) is 8.42 Å². The van der Waals surface area contributed by atoms with E-state index in [0.29, 0.717) is 18.3 Å². The van der Waals surface area contributed by atoms with Crippen LogP contribution in [0.25, 0.3) is 22.3 Å². The van der Waals surface area contributed by atoms with Crippen LogP contribution in [-0.2, 0) is 10.2 Å². The minimum atomic E-state index is -3.62. The van der Waals surface area contributed by atoms with Gasteiger partial charge in [0.1, 0.15) is 5.82 Å². The monoisotopic (exact) mass is 397 g/mol. The third kappa shape index (κ3) is 4.14. The summed E-state index contributed by atoms with van der Waals surface area (Å²) in [5, 5.41) is 6.01. The highest BCUT2D eigenvalue weighted by Gasteiger charge is 2.29. The summed E-state index contributed by atoms with van der Waals surface area (Å²) in [5.74, 6) is 2.05. The van der Waals surface area contributed by atoms with Gasteiger partial charge in [-0.05, 0) is 37.0 Å². The topological polar surface area (TPSA) is 101 Å². The van der Waals surface area contributed by atoms with E-state index in [2.05, 4.69) is 34.7 Å². The molecular formula is C20H23N5O2S. The Morgan fingerprint density at radius 1 is 1.14 bits per heavy atom. The normalized spacial score (nSPS) is 15.0. The minimum Gasteiger partial charge on any atom is -0.355 e. The molecule has 1 aromatic heterocycles. The predicted molar refractivity (Wildman–Crippen MR) is 111 cm³/mol. The van der Waals surface area contributed by atoms with E-state index in [1.165, 1.54) is 0 Å². The Kier molecular flexibility index (Phi) is 5.01. The zero-order valence-corrected chi connectivity index (χ0v) is 16.5. The molecule has 0 unspecified atom stereocenters. The van der Waals surface area contributed by atoms with Crippen LogP contribution in [0, 0.1) is 12.8 Å². The molecule has 3 N–H and O–H groups in total. The smallest absolute Gasteiger partial charge is 0.274 e. The molecule has 3 aromatic rings. The van der Waals surface area contributed by atoms with Crippen LogP contribution in [0.5, 0.6) is 0 Å². The van der Waals surface area contributed by atoms with Crippen LogP contribution < -0.4 is 14.8 Å². The Morgan fingerprint density at radius 2 is 1.89 bits per heavy atom. The lowest BCUT2D eigenvalue weighted by Crippen LogP contribution is -2.48. The van der Waals surface area contributed by atoms with Crippen LogP contribution in [0.1, 0.15) is 12.0 Å². The third-order valence-corrected chi connectivity index (χ3v) is 5.58. The number of hydrogen-bond donors (Lipinski definition) is 2. The van der Waals surface area contributed by atoms with Gasteiger partial charge < -0.3 is 4.90 Å². The number of nitrogens with zero attached hydrogens (tertiary/aromatic N) is 3. The summed E-state index contributed by atoms with van der Waals surface area (Å²) < 4.78 is 24.3. The summed E-state index contributed by atoms with van der Waals surface area (Å²) in [6.45, 7) is 4.08. The van der Waals surface area contributed by atoms with Crippen molar-refractivity contribution in [2.75, 3.05) is 24.5 Å². The van der Waals surface area contributed by atoms with Crippen molar-refractivity contribution in [1.82, 2.24) is 14.7 Å². The molecule has 28 heavy (non-hydrogen) atoms. The number of nitrogens with one attached hydrogen (secondary N) is 1. The minimum absolute atomic E-state index is 0.357. The summed E-state index contributed by atoms with van der Waals surface area (Å²) in [7, 11) is -3.62. The molecule has 1 saturated heterocycles. The Hall–Kier alpha value is -2.55. The number of anilines is 1. The maximum atomic E-state index is 11.0. The first-order valence-electron chi connectivity index (χ1n) is 9.25. The number of fused-ring (bicyclic) bond motifs is 1. The average molecular weight is 398 g/mol. The third-order valence-electron chi connectivity index (χ3n) is 4.98. The summed E-state index contributed by atoms with van der Waals surface area (Å²) >= 11 is 0. The van der Waals surface area contributed by atoms with E-state index in [0.717, 1.165) is 47.4 Å². The molecule has 0 bridgehead atoms. The van der Waals surface area contributed by atoms with Crippen LogP contribution >= 0.6 is 0 Å². The molecule has 0 saturated carbocycles. The van der Waals surface area contributed by atoms with Crippen molar-refractivity contribution in [3.05, 3.63) is 54.1 Å². The van der Waals surface area contributed by atoms with Crippen LogP contribution in [-0.4, -0.2) is 38.0 Å². The van der Waals surface area contributed by atoms with Gasteiger partial charge in [0.15, 0.2) is 5.82 Å². The lowest BCUT2D eigenvalue weighted by Gasteiger charge is -2.40. The fourth-order valence-electron chi connectivity index (χ4n) is 3.51. The summed E-state index contributed by atoms with van der Waals surface area (Å²) in [6.07, 6.45) is 0.751. The number of hydrogen-bond acceptors (Lipinski definition) is 5. The number of aryl methyl sites for hydroxylation is 1. The second-order valence-electron chi connectivity index (χ2n) is 7.26. The van der Waals surface area contributed by atoms with Crippen LogP contribution in [0.2, 0.25) is 0 Å². The van der Waals surface area contributed by atoms with Crippen LogP contribution in [0.3, 0.4) is 0 Å². The molecule has 0 aliphatic carbocycles. The molecule has 1 aliphatic rings. The van der Waals surface area contributed by atoms with E-state index < -0.39 is 10.2 Å². The Morgan fingerprint density at radius 3 is 2.61 bits per heavy atom. The SMILES string of the molecule is Cc1ccc2c(N3CC(CCNS(N)(=O)=O)C3)nc(-c3ccccc3)nc2c1. The summed E-state index contributed by atoms with van der Waals surface area (Å²) in [6, 6.07) is 16.2. The standard InChI is InChI=1S/C20H23N5O2S/c1-14-7-8-17-18(11-14)23-19(16-5-3-2-4-6-16)24-20(17)25-12-15(13-25)9-10-22-28(21,26)27/h2-8,11,15,22H,9-10,12-13H2,1H3,(H2,21,26,27). The van der Waals surface area contributed by atoms with Gasteiger partial charge in [-0.25, -0.2) is 19.8 Å². The molecule has 0 spiro atoms. The molecule has 8 heteroatoms. The Bertz CT molecular complexity index is 1100. The second-order valence-corrected chi connectivity index (χ2v) is 8.64. The zero-order valence-electron chi connectivity index (χ0n) is 15.7. The van der Waals surface area contributed by atoms with E-state index in [1.54, 1.807) is 0 Å². The molecule has 2 aromatic carbocycles. The molecule has 0 atom stereocenters. The highest BCUT2D eigenvalue weighted by atomic mass is 32.2. The first-order valence-corrected chi connectivity index (χ1v) is 10.8. The molecule has 1 aliphatic heterocycles. The molecule has 146 valence electrons. The van der Waals surface area contributed by atoms with Crippen molar-refractivity contribution in [3.8, 4) is 11.4 Å². The lowest BCUT2D eigenvalue weighted by atomic mass is 9.96. The predicted octanol–water partition coefficient (Wildman–Crippen LogP) is 2.22. The molecular weight excluding hydrogens is 374 g/mol. The molecule has 4 rings (SSSR count). The quantitative estimate of drug-likeness (QED) is 0.664. The zero-order chi connectivity index (χ0) is 19.7. The van der Waals surface area contributed by atoms with Gasteiger partial charge in [0.05, 0.1) is 5.52 Å². The van der Waals surface area contributed by atoms with Crippen LogP contribution in [0.15, 0.2) is 48.5 Å². The Labute approximate surface area is 164 Å². The van der Waals surface area contributed by atoms with Gasteiger partial charge in [0.2, 0.25) is 0 Å². The molecule has 2 heterocycles. The van der Waals surface area contributed by atoms with Gasteiger partial charge in [-0.3, -0.25) is 0 Å². The average Bonchev–Trinajstić information content (AvgIpc) is 2.62. The van der Waals surface area contributed by atoms with Gasteiger partial charge in [0.25, 0.3) is 10.2 Å². The van der Waals surface area contributed by atoms with E-state index in [-0.39, 0.29) is 0 Å². The van der Waals surface area contributed by atoms with Crippen molar-refractivity contribution >= 4 is 26.9 Å². The first-order chi connectivity index (χ1) is 13.4. The highest BCUT2D eigenvalue weighted by Crippen LogP contribution is 2.33. The van der Waals surface area contributed by atoms with Gasteiger partial charge in [-0.1, -0.05) is 36.4 Å². The van der Waals surface area contributed by atoms with Gasteiger partial charge >= 0.3 is 0 Å². The molecule has 0 radical (unpaired) electrons. The number of rotatable bonds is 6. The summed E-state index contributed by atoms with van der Waals surface area (Å²) in [5.41, 5.74) is 3.08. The molecule has 0 amide bonds. The number of aromatic nitrogens is 2. The van der Waals surface area contributed by atoms with Crippen molar-refractivity contribution in [3.63, 3.8) is 0 Å². The van der Waals surface area contributed by atoms with Crippen molar-refractivity contribution in [2.45, 2.75) is 13.3 Å². The van der Waals surface area contributed by atoms with Crippen molar-refractivity contribution < 1.29 is 8.42 Å². The van der Waals surface area contributed by atoms with Crippen molar-refractivity contribution in [1.29, 1.82) is 0 Å². The van der Waals surface area contributed by atoms with E-state index in [9.17, 15) is 8.42 Å². The number of benzene rings is 2. The highest BCUT2D eigenvalue weighted by molar-refractivity contribution is 7.87. The van der Waals surface area contributed by atoms with E-state index in [1.807, 2.05) is 30.3 Å². The lowest BCUT2D eigenvalue weighted by molar-refractivity contribution is 0.382. The molecule has 1 fully saturated rings. The maximum Gasteiger partial charge on any atom is 0.274 e. The molecule has 7 nitrogen and oxygen atoms in total. The Balaban J connectivity index is 1.58. The first kappa shape index (κ1) is 18.8. The van der Waals surface area contributed by atoms with Crippen LogP contribution in [0.4, 0.5) is 5.82 Å².